The number of ether oxygens (including phenoxy) is 1. The van der Waals surface area contributed by atoms with Gasteiger partial charge in [-0.25, -0.2) is 0 Å². The summed E-state index contributed by atoms with van der Waals surface area (Å²) in [7, 11) is 1.39. The molecule has 0 unspecified atom stereocenters. The van der Waals surface area contributed by atoms with Gasteiger partial charge in [0.1, 0.15) is 6.54 Å². The lowest BCUT2D eigenvalue weighted by molar-refractivity contribution is -0.140. The van der Waals surface area contributed by atoms with Gasteiger partial charge in [0.2, 0.25) is 0 Å². The van der Waals surface area contributed by atoms with E-state index in [-0.39, 0.29) is 12.5 Å². The summed E-state index contributed by atoms with van der Waals surface area (Å²) in [6.07, 6.45) is 7.88. The SMILES string of the molecule is COC(=O)CN1C=CC2=CCNC2=C1. The first-order valence-corrected chi connectivity index (χ1v) is 4.46. The maximum atomic E-state index is 11.0. The Morgan fingerprint density at radius 1 is 1.71 bits per heavy atom. The Morgan fingerprint density at radius 3 is 3.36 bits per heavy atom. The highest BCUT2D eigenvalue weighted by Gasteiger charge is 2.15. The van der Waals surface area contributed by atoms with Crippen LogP contribution < -0.4 is 5.32 Å². The lowest BCUT2D eigenvalue weighted by Crippen LogP contribution is -2.24. The average molecular weight is 192 g/mol. The number of nitrogens with zero attached hydrogens (tertiary/aromatic N) is 1. The van der Waals surface area contributed by atoms with Crippen LogP contribution in [0, 0.1) is 0 Å². The standard InChI is InChI=1S/C10H12N2O2/c1-14-10(13)7-12-5-3-8-2-4-11-9(8)6-12/h2-3,5-6,11H,4,7H2,1H3. The summed E-state index contributed by atoms with van der Waals surface area (Å²) in [4.78, 5) is 12.8. The molecule has 0 amide bonds. The molecule has 4 heteroatoms. The number of fused-ring (bicyclic) bond motifs is 1. The quantitative estimate of drug-likeness (QED) is 0.641. The van der Waals surface area contributed by atoms with E-state index in [9.17, 15) is 4.79 Å². The van der Waals surface area contributed by atoms with Crippen LogP contribution in [0.3, 0.4) is 0 Å². The molecule has 0 spiro atoms. The average Bonchev–Trinajstić information content (AvgIpc) is 2.64. The molecule has 74 valence electrons. The third-order valence-corrected chi connectivity index (χ3v) is 2.21. The number of carbonyl (C=O) groups excluding carboxylic acids is 1. The van der Waals surface area contributed by atoms with Crippen molar-refractivity contribution in [2.24, 2.45) is 0 Å². The fourth-order valence-corrected chi connectivity index (χ4v) is 1.46. The summed E-state index contributed by atoms with van der Waals surface area (Å²) in [6, 6.07) is 0. The topological polar surface area (TPSA) is 41.6 Å². The van der Waals surface area contributed by atoms with Crippen molar-refractivity contribution in [3.05, 3.63) is 35.8 Å². The summed E-state index contributed by atoms with van der Waals surface area (Å²) in [5.74, 6) is -0.239. The van der Waals surface area contributed by atoms with Gasteiger partial charge in [-0.05, 0) is 11.6 Å². The van der Waals surface area contributed by atoms with Crippen LogP contribution in [0.2, 0.25) is 0 Å². The molecular formula is C10H12N2O2. The van der Waals surface area contributed by atoms with Gasteiger partial charge in [-0.2, -0.15) is 0 Å². The zero-order valence-corrected chi connectivity index (χ0v) is 7.99. The van der Waals surface area contributed by atoms with Crippen molar-refractivity contribution in [2.75, 3.05) is 20.2 Å². The van der Waals surface area contributed by atoms with Crippen molar-refractivity contribution < 1.29 is 9.53 Å². The summed E-state index contributed by atoms with van der Waals surface area (Å²) in [5.41, 5.74) is 2.25. The number of methoxy groups -OCH3 is 1. The third kappa shape index (κ3) is 1.64. The first kappa shape index (κ1) is 8.87. The number of hydrogen-bond donors (Lipinski definition) is 1. The molecule has 2 aliphatic heterocycles. The normalized spacial score (nSPS) is 18.2. The number of rotatable bonds is 2. The Morgan fingerprint density at radius 2 is 2.57 bits per heavy atom. The van der Waals surface area contributed by atoms with Gasteiger partial charge in [0.05, 0.1) is 12.8 Å². The first-order chi connectivity index (χ1) is 6.79. The maximum Gasteiger partial charge on any atom is 0.325 e. The van der Waals surface area contributed by atoms with E-state index in [0.717, 1.165) is 12.2 Å². The fourth-order valence-electron chi connectivity index (χ4n) is 1.46. The predicted molar refractivity (Wildman–Crippen MR) is 52.0 cm³/mol. The summed E-state index contributed by atoms with van der Waals surface area (Å²) in [5, 5.41) is 3.20. The smallest absolute Gasteiger partial charge is 0.325 e. The molecule has 2 rings (SSSR count). The van der Waals surface area contributed by atoms with Crippen molar-refractivity contribution >= 4 is 5.97 Å². The lowest BCUT2D eigenvalue weighted by Gasteiger charge is -2.19. The molecule has 0 bridgehead atoms. The number of hydrogen-bond acceptors (Lipinski definition) is 4. The second kappa shape index (κ2) is 3.57. The highest BCUT2D eigenvalue weighted by Crippen LogP contribution is 2.19. The zero-order chi connectivity index (χ0) is 9.97. The Labute approximate surface area is 82.5 Å². The van der Waals surface area contributed by atoms with Crippen molar-refractivity contribution in [2.45, 2.75) is 0 Å². The molecule has 0 aliphatic carbocycles. The van der Waals surface area contributed by atoms with E-state index in [0.29, 0.717) is 0 Å². The van der Waals surface area contributed by atoms with Gasteiger partial charge in [0, 0.05) is 18.9 Å². The monoisotopic (exact) mass is 192 g/mol. The Hall–Kier alpha value is -1.71. The van der Waals surface area contributed by atoms with Crippen molar-refractivity contribution in [1.82, 2.24) is 10.2 Å². The fraction of sp³-hybridized carbons (Fsp3) is 0.300. The molecule has 0 saturated carbocycles. The molecule has 0 radical (unpaired) electrons. The van der Waals surface area contributed by atoms with E-state index in [1.165, 1.54) is 12.7 Å². The van der Waals surface area contributed by atoms with Crippen LogP contribution in [0.15, 0.2) is 35.8 Å². The summed E-state index contributed by atoms with van der Waals surface area (Å²) < 4.78 is 4.59. The zero-order valence-electron chi connectivity index (χ0n) is 7.99. The molecule has 1 N–H and O–H groups in total. The molecule has 0 aromatic carbocycles. The van der Waals surface area contributed by atoms with Crippen LogP contribution in [0.25, 0.3) is 0 Å². The largest absolute Gasteiger partial charge is 0.468 e. The van der Waals surface area contributed by atoms with Gasteiger partial charge in [-0.15, -0.1) is 0 Å². The molecule has 0 atom stereocenters. The molecular weight excluding hydrogens is 180 g/mol. The van der Waals surface area contributed by atoms with Crippen molar-refractivity contribution in [3.63, 3.8) is 0 Å². The minimum absolute atomic E-state index is 0.239. The summed E-state index contributed by atoms with van der Waals surface area (Å²) >= 11 is 0. The Kier molecular flexibility index (Phi) is 2.26. The van der Waals surface area contributed by atoms with E-state index in [1.807, 2.05) is 18.5 Å². The highest BCUT2D eigenvalue weighted by atomic mass is 16.5. The van der Waals surface area contributed by atoms with Gasteiger partial charge in [0.15, 0.2) is 0 Å². The van der Waals surface area contributed by atoms with E-state index in [4.69, 9.17) is 0 Å². The van der Waals surface area contributed by atoms with Gasteiger partial charge in [0.25, 0.3) is 0 Å². The van der Waals surface area contributed by atoms with E-state index in [2.05, 4.69) is 16.1 Å². The second-order valence-corrected chi connectivity index (χ2v) is 3.15. The molecule has 2 heterocycles. The summed E-state index contributed by atoms with van der Waals surface area (Å²) in [6.45, 7) is 1.11. The van der Waals surface area contributed by atoms with Gasteiger partial charge in [-0.3, -0.25) is 4.79 Å². The Bertz CT molecular complexity index is 342. The number of esters is 1. The van der Waals surface area contributed by atoms with Crippen molar-refractivity contribution in [1.29, 1.82) is 0 Å². The molecule has 0 saturated heterocycles. The van der Waals surface area contributed by atoms with Gasteiger partial charge < -0.3 is 15.0 Å². The van der Waals surface area contributed by atoms with Crippen LogP contribution in [-0.2, 0) is 9.53 Å². The Balaban J connectivity index is 2.04. The molecule has 0 aromatic rings. The predicted octanol–water partition coefficient (Wildman–Crippen LogP) is 0.360. The van der Waals surface area contributed by atoms with Gasteiger partial charge >= 0.3 is 5.97 Å². The highest BCUT2D eigenvalue weighted by molar-refractivity contribution is 5.72. The van der Waals surface area contributed by atoms with E-state index in [1.54, 1.807) is 4.90 Å². The van der Waals surface area contributed by atoms with Crippen LogP contribution >= 0.6 is 0 Å². The van der Waals surface area contributed by atoms with Crippen LogP contribution in [-0.4, -0.2) is 31.1 Å². The number of nitrogens with one attached hydrogen (secondary N) is 1. The molecule has 2 aliphatic rings. The second-order valence-electron chi connectivity index (χ2n) is 3.15. The van der Waals surface area contributed by atoms with Crippen LogP contribution in [0.4, 0.5) is 0 Å². The van der Waals surface area contributed by atoms with E-state index >= 15 is 0 Å². The molecule has 14 heavy (non-hydrogen) atoms. The minimum Gasteiger partial charge on any atom is -0.468 e. The molecule has 4 nitrogen and oxygen atoms in total. The van der Waals surface area contributed by atoms with Crippen molar-refractivity contribution in [3.8, 4) is 0 Å². The first-order valence-electron chi connectivity index (χ1n) is 4.46. The number of allylic oxidation sites excluding steroid dienone is 1. The maximum absolute atomic E-state index is 11.0. The van der Waals surface area contributed by atoms with Gasteiger partial charge in [-0.1, -0.05) is 6.08 Å². The van der Waals surface area contributed by atoms with E-state index < -0.39 is 0 Å². The number of carbonyl (C=O) groups is 1. The third-order valence-electron chi connectivity index (χ3n) is 2.21. The molecule has 0 fully saturated rings. The lowest BCUT2D eigenvalue weighted by atomic mass is 10.2. The minimum atomic E-state index is -0.239. The van der Waals surface area contributed by atoms with Crippen LogP contribution in [0.1, 0.15) is 0 Å². The molecule has 0 aromatic heterocycles. The van der Waals surface area contributed by atoms with Crippen LogP contribution in [0.5, 0.6) is 0 Å².